The van der Waals surface area contributed by atoms with Gasteiger partial charge in [-0.05, 0) is 152 Å². The third kappa shape index (κ3) is 5.79. The highest BCUT2D eigenvalue weighted by Crippen LogP contribution is 2.72. The molecule has 318 valence electrons. The van der Waals surface area contributed by atoms with Gasteiger partial charge in [-0.2, -0.15) is 0 Å². The molecule has 0 amide bonds. The molecular formula is C47H58O12. The van der Waals surface area contributed by atoms with Gasteiger partial charge in [0.15, 0.2) is 5.78 Å². The monoisotopic (exact) mass is 814 g/mol. The Kier molecular flexibility index (Phi) is 9.49. The highest BCUT2D eigenvalue weighted by atomic mass is 16.7. The number of benzene rings is 2. The second-order valence-corrected chi connectivity index (χ2v) is 19.9. The number of hydrogen-bond donors (Lipinski definition) is 6. The van der Waals surface area contributed by atoms with Crippen molar-refractivity contribution < 1.29 is 59.2 Å². The van der Waals surface area contributed by atoms with Gasteiger partial charge in [-0.1, -0.05) is 25.0 Å². The second-order valence-electron chi connectivity index (χ2n) is 19.9. The quantitative estimate of drug-likeness (QED) is 0.186. The third-order valence-corrected chi connectivity index (χ3v) is 16.8. The van der Waals surface area contributed by atoms with Crippen LogP contribution in [0.1, 0.15) is 110 Å². The number of carboxylic acids is 1. The van der Waals surface area contributed by atoms with Crippen LogP contribution in [-0.2, 0) is 14.2 Å². The molecule has 12 heteroatoms. The van der Waals surface area contributed by atoms with Gasteiger partial charge in [-0.3, -0.25) is 4.79 Å². The third-order valence-electron chi connectivity index (χ3n) is 16.8. The SMILES string of the molecule is CC(=O)c1c(C)cc2cc(C(=O)O)cc(O[C@H]3O[C@H](CO)[C@@]4(C[C@@H]5C6=C(CC=C6[C@]6(CCO)COC[C@@H]7C[C@]8(CCC9(CCCC9)C8)C[C@H]5[C@@H]76)CO4)[C@H](O)[C@H]3O)c2c1O. The zero-order chi connectivity index (χ0) is 41.2. The number of carbonyl (C=O) groups is 2. The Morgan fingerprint density at radius 2 is 1.78 bits per heavy atom. The maximum atomic E-state index is 12.6. The zero-order valence-corrected chi connectivity index (χ0v) is 34.1. The lowest BCUT2D eigenvalue weighted by molar-refractivity contribution is -0.326. The number of aromatic hydroxyl groups is 1. The van der Waals surface area contributed by atoms with Crippen molar-refractivity contribution in [3.05, 3.63) is 57.7 Å². The minimum atomic E-state index is -1.72. The van der Waals surface area contributed by atoms with E-state index in [-0.39, 0.29) is 64.1 Å². The summed E-state index contributed by atoms with van der Waals surface area (Å²) in [7, 11) is 0. The fourth-order valence-corrected chi connectivity index (χ4v) is 14.8. The van der Waals surface area contributed by atoms with E-state index in [1.807, 2.05) is 0 Å². The Morgan fingerprint density at radius 1 is 1.00 bits per heavy atom. The van der Waals surface area contributed by atoms with Gasteiger partial charge in [0.2, 0.25) is 6.29 Å². The topological polar surface area (TPSA) is 192 Å². The average Bonchev–Trinajstić information content (AvgIpc) is 3.91. The van der Waals surface area contributed by atoms with E-state index in [2.05, 4.69) is 6.08 Å². The van der Waals surface area contributed by atoms with E-state index in [4.69, 9.17) is 18.9 Å². The van der Waals surface area contributed by atoms with Crippen LogP contribution in [0, 0.1) is 46.8 Å². The number of carbonyl (C=O) groups excluding carboxylic acids is 1. The number of aryl methyl sites for hydroxylation is 1. The Morgan fingerprint density at radius 3 is 2.51 bits per heavy atom. The summed E-state index contributed by atoms with van der Waals surface area (Å²) in [5.74, 6) is -1.51. The van der Waals surface area contributed by atoms with Crippen molar-refractivity contribution in [3.63, 3.8) is 0 Å². The molecule has 6 fully saturated rings. The normalized spacial score (nSPS) is 39.4. The fraction of sp³-hybridized carbons (Fsp3) is 0.660. The maximum Gasteiger partial charge on any atom is 0.335 e. The molecule has 6 N–H and O–H groups in total. The van der Waals surface area contributed by atoms with E-state index in [1.54, 1.807) is 13.0 Å². The van der Waals surface area contributed by atoms with Gasteiger partial charge in [-0.15, -0.1) is 0 Å². The first-order chi connectivity index (χ1) is 28.3. The van der Waals surface area contributed by atoms with E-state index < -0.39 is 54.3 Å². The minimum absolute atomic E-state index is 0.0475. The number of allylic oxidation sites excluding steroid dienone is 2. The minimum Gasteiger partial charge on any atom is -0.506 e. The molecule has 5 aliphatic carbocycles. The van der Waals surface area contributed by atoms with Crippen molar-refractivity contribution in [2.45, 2.75) is 121 Å². The number of ether oxygens (including phenoxy) is 4. The van der Waals surface area contributed by atoms with Crippen molar-refractivity contribution in [1.29, 1.82) is 0 Å². The number of aliphatic hydroxyl groups excluding tert-OH is 4. The molecule has 10 rings (SSSR count). The number of hydrogen-bond acceptors (Lipinski definition) is 11. The summed E-state index contributed by atoms with van der Waals surface area (Å²) in [4.78, 5) is 24.9. The summed E-state index contributed by atoms with van der Waals surface area (Å²) in [5, 5.41) is 68.1. The van der Waals surface area contributed by atoms with Crippen LogP contribution in [0.15, 0.2) is 41.0 Å². The number of aromatic carboxylic acids is 1. The standard InChI is InChI=1S/C47H58O12/c1-24-13-27-14-28(42(54)55)15-33(37(27)39(51)35(24)25(2)50)58-43-40(52)41(53)47(34(19-49)59-43)18-30-31-17-45(10-9-44(22-45)7-3-4-8-44)16-29-20-56-23-46(11-12-48,38(29)31)32-6-5-26(21-57-47)36(30)32/h6,13-15,29-31,34,38,40-41,43,48-49,51-53H,3-5,7-12,16-23H2,1-2H3,(H,54,55)/t29-,30-,31+,34+,38+,40+,41+,43-,45+,46-,47-/m0/s1. The van der Waals surface area contributed by atoms with E-state index in [0.29, 0.717) is 54.8 Å². The second kappa shape index (κ2) is 14.1. The predicted molar refractivity (Wildman–Crippen MR) is 214 cm³/mol. The summed E-state index contributed by atoms with van der Waals surface area (Å²) < 4.78 is 26.1. The largest absolute Gasteiger partial charge is 0.506 e. The van der Waals surface area contributed by atoms with Crippen LogP contribution in [0.2, 0.25) is 0 Å². The van der Waals surface area contributed by atoms with Crippen LogP contribution < -0.4 is 4.74 Å². The van der Waals surface area contributed by atoms with Crippen LogP contribution in [0.3, 0.4) is 0 Å². The van der Waals surface area contributed by atoms with Crippen LogP contribution in [0.5, 0.6) is 11.5 Å². The number of phenolic OH excluding ortho intramolecular Hbond substituents is 1. The summed E-state index contributed by atoms with van der Waals surface area (Å²) in [6.45, 7) is 3.88. The lowest BCUT2D eigenvalue weighted by atomic mass is 9.43. The molecule has 2 saturated heterocycles. The first kappa shape index (κ1) is 39.8. The maximum absolute atomic E-state index is 12.6. The first-order valence-electron chi connectivity index (χ1n) is 21.9. The van der Waals surface area contributed by atoms with E-state index in [1.165, 1.54) is 75.1 Å². The highest BCUT2D eigenvalue weighted by Gasteiger charge is 2.68. The molecule has 2 aromatic carbocycles. The number of aliphatic hydroxyl groups is 4. The lowest BCUT2D eigenvalue weighted by Gasteiger charge is -2.64. The Bertz CT molecular complexity index is 2140. The smallest absolute Gasteiger partial charge is 0.335 e. The molecule has 0 bridgehead atoms. The van der Waals surface area contributed by atoms with Crippen LogP contribution in [-0.4, -0.2) is 106 Å². The molecule has 12 nitrogen and oxygen atoms in total. The molecule has 4 saturated carbocycles. The van der Waals surface area contributed by atoms with Gasteiger partial charge < -0.3 is 49.6 Å². The Labute approximate surface area is 344 Å². The fourth-order valence-electron chi connectivity index (χ4n) is 14.8. The molecule has 0 aromatic heterocycles. The van der Waals surface area contributed by atoms with Gasteiger partial charge in [0.05, 0.1) is 36.3 Å². The van der Waals surface area contributed by atoms with Crippen molar-refractivity contribution in [1.82, 2.24) is 0 Å². The van der Waals surface area contributed by atoms with Gasteiger partial charge in [0.1, 0.15) is 35.4 Å². The number of rotatable bonds is 7. The van der Waals surface area contributed by atoms with Crippen molar-refractivity contribution >= 4 is 22.5 Å². The predicted octanol–water partition coefficient (Wildman–Crippen LogP) is 5.76. The van der Waals surface area contributed by atoms with Crippen molar-refractivity contribution in [2.24, 2.45) is 39.9 Å². The number of carboxylic acid groups (broad SMARTS) is 1. The van der Waals surface area contributed by atoms with Crippen LogP contribution >= 0.6 is 0 Å². The molecule has 3 spiro atoms. The lowest BCUT2D eigenvalue weighted by Crippen LogP contribution is -2.70. The molecule has 59 heavy (non-hydrogen) atoms. The summed E-state index contributed by atoms with van der Waals surface area (Å²) in [6.07, 6.45) is 8.92. The molecule has 0 radical (unpaired) electrons. The number of ketones is 1. The van der Waals surface area contributed by atoms with Crippen molar-refractivity contribution in [3.8, 4) is 11.5 Å². The summed E-state index contributed by atoms with van der Waals surface area (Å²) in [5.41, 5.74) is 2.68. The molecule has 8 aliphatic rings. The number of phenols is 1. The molecule has 3 aliphatic heterocycles. The Hall–Kier alpha value is -3.36. The van der Waals surface area contributed by atoms with Gasteiger partial charge in [-0.25, -0.2) is 4.79 Å². The number of fused-ring (bicyclic) bond motifs is 3. The first-order valence-corrected chi connectivity index (χ1v) is 21.9. The summed E-state index contributed by atoms with van der Waals surface area (Å²) in [6, 6.07) is 4.15. The molecular weight excluding hydrogens is 757 g/mol. The van der Waals surface area contributed by atoms with E-state index >= 15 is 0 Å². The van der Waals surface area contributed by atoms with E-state index in [9.17, 15) is 40.2 Å². The zero-order valence-electron chi connectivity index (χ0n) is 34.1. The molecule has 3 heterocycles. The van der Waals surface area contributed by atoms with Gasteiger partial charge in [0.25, 0.3) is 0 Å². The molecule has 0 unspecified atom stereocenters. The Balaban J connectivity index is 1.03. The van der Waals surface area contributed by atoms with Gasteiger partial charge >= 0.3 is 5.97 Å². The van der Waals surface area contributed by atoms with Gasteiger partial charge in [0, 0.05) is 18.6 Å². The molecule has 11 atom stereocenters. The summed E-state index contributed by atoms with van der Waals surface area (Å²) >= 11 is 0. The van der Waals surface area contributed by atoms with Crippen LogP contribution in [0.4, 0.5) is 0 Å². The van der Waals surface area contributed by atoms with Crippen LogP contribution in [0.25, 0.3) is 10.8 Å². The average molecular weight is 815 g/mol. The van der Waals surface area contributed by atoms with Crippen molar-refractivity contribution in [2.75, 3.05) is 33.0 Å². The highest BCUT2D eigenvalue weighted by molar-refractivity contribution is 6.08. The molecule has 2 aromatic rings. The number of Topliss-reactive ketones (excluding diaryl/α,β-unsaturated/α-hetero) is 1. The van der Waals surface area contributed by atoms with E-state index in [0.717, 1.165) is 18.4 Å².